The van der Waals surface area contributed by atoms with Gasteiger partial charge in [-0.1, -0.05) is 56.2 Å². The number of amides is 1. The molecule has 0 fully saturated rings. The summed E-state index contributed by atoms with van der Waals surface area (Å²) in [6, 6.07) is 13.7. The molecule has 1 amide bonds. The topological polar surface area (TPSA) is 144 Å². The average Bonchev–Trinajstić information content (AvgIpc) is 3.37. The lowest BCUT2D eigenvalue weighted by molar-refractivity contribution is -0.438. The van der Waals surface area contributed by atoms with Gasteiger partial charge in [-0.2, -0.15) is 21.4 Å². The normalized spacial score (nSPS) is 17.6. The molecule has 0 radical (unpaired) electrons. The van der Waals surface area contributed by atoms with Gasteiger partial charge >= 0.3 is 0 Å². The summed E-state index contributed by atoms with van der Waals surface area (Å²) >= 11 is 0. The molecule has 3 N–H and O–H groups in total. The molecule has 262 valence electrons. The average molecular weight is 709 g/mol. The summed E-state index contributed by atoms with van der Waals surface area (Å²) in [6.07, 6.45) is 17.1. The third kappa shape index (κ3) is 9.16. The first-order valence-electron chi connectivity index (χ1n) is 16.3. The van der Waals surface area contributed by atoms with Crippen LogP contribution in [0.3, 0.4) is 0 Å². The Hall–Kier alpha value is -4.02. The molecule has 0 aromatic heterocycles. The van der Waals surface area contributed by atoms with Gasteiger partial charge in [0.15, 0.2) is 5.71 Å². The van der Waals surface area contributed by atoms with Gasteiger partial charge in [-0.05, 0) is 62.9 Å². The van der Waals surface area contributed by atoms with Gasteiger partial charge in [0.2, 0.25) is 5.69 Å². The zero-order valence-corrected chi connectivity index (χ0v) is 30.1. The van der Waals surface area contributed by atoms with E-state index < -0.39 is 25.7 Å². The Morgan fingerprint density at radius 1 is 0.898 bits per heavy atom. The number of para-hydroxylation sites is 1. The van der Waals surface area contributed by atoms with Gasteiger partial charge in [-0.3, -0.25) is 13.9 Å². The van der Waals surface area contributed by atoms with E-state index in [9.17, 15) is 26.2 Å². The fourth-order valence-electron chi connectivity index (χ4n) is 6.64. The number of nitrogens with zero attached hydrogens (tertiary/aromatic N) is 2. The lowest BCUT2D eigenvalue weighted by Gasteiger charge is -2.27. The minimum atomic E-state index is -4.06. The van der Waals surface area contributed by atoms with Crippen molar-refractivity contribution >= 4 is 43.2 Å². The van der Waals surface area contributed by atoms with Crippen molar-refractivity contribution in [3.8, 4) is 12.3 Å². The first-order valence-corrected chi connectivity index (χ1v) is 19.5. The second-order valence-corrected chi connectivity index (χ2v) is 16.5. The molecule has 12 heteroatoms. The van der Waals surface area contributed by atoms with E-state index in [-0.39, 0.29) is 29.4 Å². The van der Waals surface area contributed by atoms with Crippen LogP contribution in [0.4, 0.5) is 11.4 Å². The highest BCUT2D eigenvalue weighted by atomic mass is 32.2. The van der Waals surface area contributed by atoms with Crippen LogP contribution in [0.1, 0.15) is 74.9 Å². The Morgan fingerprint density at radius 3 is 2.24 bits per heavy atom. The summed E-state index contributed by atoms with van der Waals surface area (Å²) in [5.41, 5.74) is 5.89. The maximum absolute atomic E-state index is 12.7. The number of hydrogen-bond acceptors (Lipinski definition) is 6. The number of hydrogen-bond donors (Lipinski definition) is 3. The Morgan fingerprint density at radius 2 is 1.57 bits per heavy atom. The van der Waals surface area contributed by atoms with E-state index in [0.29, 0.717) is 44.3 Å². The Bertz CT molecular complexity index is 1970. The van der Waals surface area contributed by atoms with E-state index in [0.717, 1.165) is 28.3 Å². The first kappa shape index (κ1) is 37.8. The van der Waals surface area contributed by atoms with E-state index >= 15 is 0 Å². The monoisotopic (exact) mass is 708 g/mol. The molecule has 0 saturated carbocycles. The van der Waals surface area contributed by atoms with Crippen molar-refractivity contribution in [1.82, 2.24) is 5.32 Å². The van der Waals surface area contributed by atoms with Crippen molar-refractivity contribution < 1.29 is 35.3 Å². The molecule has 0 unspecified atom stereocenters. The molecule has 0 spiro atoms. The second-order valence-electron chi connectivity index (χ2n) is 13.4. The minimum absolute atomic E-state index is 0.122. The zero-order valence-electron chi connectivity index (χ0n) is 28.5. The summed E-state index contributed by atoms with van der Waals surface area (Å²) in [5.74, 6) is 1.57. The number of fused-ring (bicyclic) bond motifs is 2. The fraction of sp³-hybridized carbons (Fsp3) is 0.405. The minimum Gasteiger partial charge on any atom is -0.344 e. The SMILES string of the molecule is C#CCNC(=O)c1ccc2c(c1)C(C)(C)\C(=C/C=C/C=C/C1=[N+](CCCCS(=O)(=O)O)c3ccccc3C1(C)C)N2CCCCS(=O)(=O)O. The van der Waals surface area contributed by atoms with Gasteiger partial charge in [-0.15, -0.1) is 6.42 Å². The van der Waals surface area contributed by atoms with Crippen LogP contribution in [-0.4, -0.2) is 73.3 Å². The van der Waals surface area contributed by atoms with Crippen molar-refractivity contribution in [3.63, 3.8) is 0 Å². The lowest BCUT2D eigenvalue weighted by Crippen LogP contribution is -2.28. The third-order valence-electron chi connectivity index (χ3n) is 9.10. The number of rotatable bonds is 15. The summed E-state index contributed by atoms with van der Waals surface area (Å²) in [6.45, 7) is 9.72. The van der Waals surface area contributed by atoms with Crippen LogP contribution in [0, 0.1) is 12.3 Å². The van der Waals surface area contributed by atoms with Gasteiger partial charge in [0, 0.05) is 53.0 Å². The summed E-state index contributed by atoms with van der Waals surface area (Å²) < 4.78 is 65.7. The largest absolute Gasteiger partial charge is 0.344 e. The van der Waals surface area contributed by atoms with Gasteiger partial charge in [0.05, 0.1) is 23.5 Å². The smallest absolute Gasteiger partial charge is 0.264 e. The predicted molar refractivity (Wildman–Crippen MR) is 195 cm³/mol. The molecule has 2 aromatic rings. The molecule has 2 aliphatic heterocycles. The van der Waals surface area contributed by atoms with E-state index in [4.69, 9.17) is 11.0 Å². The summed E-state index contributed by atoms with van der Waals surface area (Å²) in [7, 11) is -8.07. The maximum atomic E-state index is 12.7. The first-order chi connectivity index (χ1) is 23.0. The van der Waals surface area contributed by atoms with Crippen LogP contribution < -0.4 is 10.2 Å². The summed E-state index contributed by atoms with van der Waals surface area (Å²) in [5, 5.41) is 2.71. The number of benzene rings is 2. The molecule has 0 atom stereocenters. The molecule has 2 aromatic carbocycles. The quantitative estimate of drug-likeness (QED) is 0.0718. The lowest BCUT2D eigenvalue weighted by atomic mass is 9.81. The van der Waals surface area contributed by atoms with Crippen LogP contribution in [0.25, 0.3) is 0 Å². The zero-order chi connectivity index (χ0) is 36.0. The number of unbranched alkanes of at least 4 members (excludes halogenated alkanes) is 2. The Kier molecular flexibility index (Phi) is 11.8. The van der Waals surface area contributed by atoms with E-state index in [1.54, 1.807) is 6.07 Å². The molecule has 49 heavy (non-hydrogen) atoms. The van der Waals surface area contributed by atoms with Gasteiger partial charge in [-0.25, -0.2) is 0 Å². The highest BCUT2D eigenvalue weighted by molar-refractivity contribution is 7.86. The molecule has 0 bridgehead atoms. The number of anilines is 1. The standard InChI is InChI=1S/C37H45N3O7S2/c1-6-22-38-35(41)28-20-21-32-30(27-28)37(4,5)34(40(32)24-13-15-26-49(45,46)47)19-9-7-8-18-33-36(2,3)29-16-10-11-17-31(29)39(33)23-12-14-25-48(42,43)44/h1,7-11,16-21,27H,12-15,22-26H2,2-5H3,(H2-,38,41,42,43,44,45,46,47)/p+1. The fourth-order valence-corrected chi connectivity index (χ4v) is 7.78. The molecule has 2 heterocycles. The van der Waals surface area contributed by atoms with Crippen molar-refractivity contribution in [2.24, 2.45) is 0 Å². The summed E-state index contributed by atoms with van der Waals surface area (Å²) in [4.78, 5) is 14.9. The number of nitrogens with one attached hydrogen (secondary N) is 1. The predicted octanol–water partition coefficient (Wildman–Crippen LogP) is 5.56. The molecular formula is C37H46N3O7S2+. The number of carbonyl (C=O) groups is 1. The van der Waals surface area contributed by atoms with Crippen molar-refractivity contribution in [2.45, 2.75) is 64.2 Å². The van der Waals surface area contributed by atoms with Crippen molar-refractivity contribution in [2.75, 3.05) is 36.0 Å². The molecule has 4 rings (SSSR count). The highest BCUT2D eigenvalue weighted by Crippen LogP contribution is 2.48. The van der Waals surface area contributed by atoms with Gasteiger partial charge in [0.1, 0.15) is 6.54 Å². The number of carbonyl (C=O) groups excluding carboxylic acids is 1. The van der Waals surface area contributed by atoms with Gasteiger partial charge in [0.25, 0.3) is 26.1 Å². The van der Waals surface area contributed by atoms with Crippen LogP contribution in [0.2, 0.25) is 0 Å². The molecule has 0 saturated heterocycles. The molecular weight excluding hydrogens is 663 g/mol. The Labute approximate surface area is 290 Å². The molecule has 2 aliphatic rings. The van der Waals surface area contributed by atoms with Gasteiger partial charge < -0.3 is 10.2 Å². The molecule has 10 nitrogen and oxygen atoms in total. The number of allylic oxidation sites excluding steroid dienone is 6. The third-order valence-corrected chi connectivity index (χ3v) is 10.7. The van der Waals surface area contributed by atoms with Crippen LogP contribution in [0.5, 0.6) is 0 Å². The van der Waals surface area contributed by atoms with E-state index in [2.05, 4.69) is 66.6 Å². The number of terminal acetylenes is 1. The van der Waals surface area contributed by atoms with E-state index in [1.165, 1.54) is 5.56 Å². The second kappa shape index (κ2) is 15.3. The van der Waals surface area contributed by atoms with Crippen LogP contribution in [-0.2, 0) is 31.1 Å². The highest BCUT2D eigenvalue weighted by Gasteiger charge is 2.44. The van der Waals surface area contributed by atoms with Crippen LogP contribution >= 0.6 is 0 Å². The van der Waals surface area contributed by atoms with Crippen molar-refractivity contribution in [3.05, 3.63) is 95.2 Å². The molecule has 0 aliphatic carbocycles. The van der Waals surface area contributed by atoms with Crippen molar-refractivity contribution in [1.29, 1.82) is 0 Å². The Balaban J connectivity index is 1.62. The van der Waals surface area contributed by atoms with E-state index in [1.807, 2.05) is 48.6 Å². The van der Waals surface area contributed by atoms with Crippen LogP contribution in [0.15, 0.2) is 78.5 Å². The maximum Gasteiger partial charge on any atom is 0.264 e.